The summed E-state index contributed by atoms with van der Waals surface area (Å²) in [6.07, 6.45) is 3.54. The summed E-state index contributed by atoms with van der Waals surface area (Å²) in [6, 6.07) is 6.42. The summed E-state index contributed by atoms with van der Waals surface area (Å²) in [5, 5.41) is 15.9. The number of hydrogen-bond donors (Lipinski definition) is 3. The van der Waals surface area contributed by atoms with Gasteiger partial charge in [0.15, 0.2) is 0 Å². The summed E-state index contributed by atoms with van der Waals surface area (Å²) in [4.78, 5) is 14.3. The molecule has 3 N–H and O–H groups in total. The highest BCUT2D eigenvalue weighted by molar-refractivity contribution is 5.74. The van der Waals surface area contributed by atoms with E-state index in [-0.39, 0.29) is 25.2 Å². The van der Waals surface area contributed by atoms with Crippen molar-refractivity contribution in [2.75, 3.05) is 27.2 Å². The highest BCUT2D eigenvalue weighted by Crippen LogP contribution is 2.22. The molecule has 1 fully saturated rings. The van der Waals surface area contributed by atoms with Crippen LogP contribution in [0.25, 0.3) is 0 Å². The lowest BCUT2D eigenvalue weighted by molar-refractivity contribution is 0.106. The van der Waals surface area contributed by atoms with Gasteiger partial charge in [-0.1, -0.05) is 18.2 Å². The number of carbonyl (C=O) groups is 1. The fraction of sp³-hybridized carbons (Fsp3) is 0.650. The molecule has 0 bridgehead atoms. The van der Waals surface area contributed by atoms with Crippen LogP contribution in [0.1, 0.15) is 36.8 Å². The minimum Gasteiger partial charge on any atom is -0.490 e. The summed E-state index contributed by atoms with van der Waals surface area (Å²) in [5.74, 6) is 0.799. The Labute approximate surface area is 156 Å². The fourth-order valence-corrected chi connectivity index (χ4v) is 3.48. The molecule has 0 aromatic heterocycles. The first-order valence-electron chi connectivity index (χ1n) is 9.44. The molecule has 0 aliphatic heterocycles. The maximum absolute atomic E-state index is 12.1. The van der Waals surface area contributed by atoms with Crippen LogP contribution in [0, 0.1) is 13.8 Å². The largest absolute Gasteiger partial charge is 0.490 e. The molecule has 26 heavy (non-hydrogen) atoms. The van der Waals surface area contributed by atoms with E-state index >= 15 is 0 Å². The quantitative estimate of drug-likeness (QED) is 0.694. The van der Waals surface area contributed by atoms with Crippen molar-refractivity contribution in [3.63, 3.8) is 0 Å². The summed E-state index contributed by atoms with van der Waals surface area (Å²) in [5.41, 5.74) is 2.08. The molecule has 1 aliphatic rings. The maximum Gasteiger partial charge on any atom is 0.315 e. The summed E-state index contributed by atoms with van der Waals surface area (Å²) in [7, 11) is 4.17. The second-order valence-corrected chi connectivity index (χ2v) is 7.52. The predicted molar refractivity (Wildman–Crippen MR) is 104 cm³/mol. The van der Waals surface area contributed by atoms with Gasteiger partial charge < -0.3 is 25.4 Å². The zero-order valence-corrected chi connectivity index (χ0v) is 16.4. The second-order valence-electron chi connectivity index (χ2n) is 7.52. The molecular formula is C20H33N3O3. The number of aryl methyl sites for hydroxylation is 2. The van der Waals surface area contributed by atoms with Gasteiger partial charge in [-0.05, 0) is 64.8 Å². The van der Waals surface area contributed by atoms with Crippen molar-refractivity contribution >= 4 is 6.03 Å². The number of hydrogen-bond acceptors (Lipinski definition) is 4. The summed E-state index contributed by atoms with van der Waals surface area (Å²) in [6.45, 7) is 4.27. The van der Waals surface area contributed by atoms with Gasteiger partial charge in [0.25, 0.3) is 0 Å². The average Bonchev–Trinajstić information content (AvgIpc) is 2.59. The topological polar surface area (TPSA) is 73.8 Å². The molecule has 1 aromatic rings. The molecule has 0 unspecified atom stereocenters. The van der Waals surface area contributed by atoms with Crippen molar-refractivity contribution in [1.82, 2.24) is 15.5 Å². The number of nitrogens with zero attached hydrogens (tertiary/aromatic N) is 1. The number of carbonyl (C=O) groups excluding carboxylic acids is 1. The normalized spacial score (nSPS) is 21.3. The van der Waals surface area contributed by atoms with Crippen LogP contribution in [0.3, 0.4) is 0 Å². The first kappa shape index (κ1) is 20.5. The van der Waals surface area contributed by atoms with Gasteiger partial charge in [-0.3, -0.25) is 0 Å². The van der Waals surface area contributed by atoms with E-state index in [4.69, 9.17) is 4.74 Å². The van der Waals surface area contributed by atoms with Gasteiger partial charge in [0.1, 0.15) is 18.5 Å². The third kappa shape index (κ3) is 6.18. The maximum atomic E-state index is 12.1. The van der Waals surface area contributed by atoms with Crippen LogP contribution in [0.15, 0.2) is 18.2 Å². The SMILES string of the molecule is Cc1cccc(C)c1OC[C@H](O)CNC(=O)N[C@H]1CCC[C@H](N(C)C)C1. The number of urea groups is 1. The molecule has 1 saturated carbocycles. The fourth-order valence-electron chi connectivity index (χ4n) is 3.48. The van der Waals surface area contributed by atoms with E-state index in [0.717, 1.165) is 36.1 Å². The third-order valence-electron chi connectivity index (χ3n) is 5.04. The molecule has 1 aliphatic carbocycles. The highest BCUT2D eigenvalue weighted by atomic mass is 16.5. The number of aliphatic hydroxyl groups excluding tert-OH is 1. The van der Waals surface area contributed by atoms with Crippen molar-refractivity contribution < 1.29 is 14.6 Å². The lowest BCUT2D eigenvalue weighted by Crippen LogP contribution is -2.48. The van der Waals surface area contributed by atoms with Crippen LogP contribution < -0.4 is 15.4 Å². The molecule has 146 valence electrons. The molecule has 6 heteroatoms. The number of aliphatic hydroxyl groups is 1. The molecule has 0 radical (unpaired) electrons. The van der Waals surface area contributed by atoms with Crippen molar-refractivity contribution in [1.29, 1.82) is 0 Å². The third-order valence-corrected chi connectivity index (χ3v) is 5.04. The van der Waals surface area contributed by atoms with Gasteiger partial charge in [-0.2, -0.15) is 0 Å². The number of rotatable bonds is 7. The molecule has 2 amide bonds. The summed E-state index contributed by atoms with van der Waals surface area (Å²) < 4.78 is 5.72. The van der Waals surface area contributed by atoms with Crippen molar-refractivity contribution in [3.8, 4) is 5.75 Å². The predicted octanol–water partition coefficient (Wildman–Crippen LogP) is 2.22. The van der Waals surface area contributed by atoms with Crippen LogP contribution in [0.2, 0.25) is 0 Å². The Morgan fingerprint density at radius 3 is 2.65 bits per heavy atom. The van der Waals surface area contributed by atoms with Gasteiger partial charge in [-0.15, -0.1) is 0 Å². The first-order valence-corrected chi connectivity index (χ1v) is 9.44. The second kappa shape index (κ2) is 9.78. The molecule has 0 saturated heterocycles. The van der Waals surface area contributed by atoms with Crippen LogP contribution in [0.5, 0.6) is 5.75 Å². The van der Waals surface area contributed by atoms with E-state index in [0.29, 0.717) is 6.04 Å². The van der Waals surface area contributed by atoms with Crippen LogP contribution in [-0.2, 0) is 0 Å². The average molecular weight is 364 g/mol. The Hall–Kier alpha value is -1.79. The molecule has 0 heterocycles. The monoisotopic (exact) mass is 363 g/mol. The van der Waals surface area contributed by atoms with E-state index in [1.165, 1.54) is 6.42 Å². The smallest absolute Gasteiger partial charge is 0.315 e. The van der Waals surface area contributed by atoms with Crippen molar-refractivity contribution in [2.45, 2.75) is 57.7 Å². The zero-order valence-electron chi connectivity index (χ0n) is 16.4. The van der Waals surface area contributed by atoms with Crippen LogP contribution in [-0.4, -0.2) is 61.5 Å². The number of ether oxygens (including phenoxy) is 1. The molecule has 1 aromatic carbocycles. The molecule has 2 rings (SSSR count). The summed E-state index contributed by atoms with van der Waals surface area (Å²) >= 11 is 0. The zero-order chi connectivity index (χ0) is 19.1. The Bertz CT molecular complexity index is 571. The van der Waals surface area contributed by atoms with E-state index in [9.17, 15) is 9.90 Å². The first-order chi connectivity index (χ1) is 12.4. The van der Waals surface area contributed by atoms with Gasteiger partial charge in [0.2, 0.25) is 0 Å². The Kier molecular flexibility index (Phi) is 7.72. The minimum absolute atomic E-state index is 0.151. The molecule has 3 atom stereocenters. The van der Waals surface area contributed by atoms with Gasteiger partial charge >= 0.3 is 6.03 Å². The van der Waals surface area contributed by atoms with E-state index < -0.39 is 6.10 Å². The van der Waals surface area contributed by atoms with E-state index in [1.54, 1.807) is 0 Å². The number of amides is 2. The van der Waals surface area contributed by atoms with Gasteiger partial charge in [0, 0.05) is 18.6 Å². The Balaban J connectivity index is 1.70. The minimum atomic E-state index is -0.749. The van der Waals surface area contributed by atoms with E-state index in [2.05, 4.69) is 29.6 Å². The van der Waals surface area contributed by atoms with Crippen molar-refractivity contribution in [3.05, 3.63) is 29.3 Å². The van der Waals surface area contributed by atoms with Gasteiger partial charge in [0.05, 0.1) is 0 Å². The highest BCUT2D eigenvalue weighted by Gasteiger charge is 2.24. The number of para-hydroxylation sites is 1. The molecular weight excluding hydrogens is 330 g/mol. The molecule has 0 spiro atoms. The number of nitrogens with one attached hydrogen (secondary N) is 2. The van der Waals surface area contributed by atoms with E-state index in [1.807, 2.05) is 32.0 Å². The van der Waals surface area contributed by atoms with Gasteiger partial charge in [-0.25, -0.2) is 4.79 Å². The van der Waals surface area contributed by atoms with Crippen LogP contribution in [0.4, 0.5) is 4.79 Å². The standard InChI is InChI=1S/C20H33N3O3/c1-14-7-5-8-15(2)19(14)26-13-18(24)12-21-20(25)22-16-9-6-10-17(11-16)23(3)4/h5,7-8,16-18,24H,6,9-13H2,1-4H3,(H2,21,22,25)/t16-,17-,18+/m0/s1. The van der Waals surface area contributed by atoms with Crippen molar-refractivity contribution in [2.24, 2.45) is 0 Å². The van der Waals surface area contributed by atoms with Crippen LogP contribution >= 0.6 is 0 Å². The Morgan fingerprint density at radius 1 is 1.31 bits per heavy atom. The lowest BCUT2D eigenvalue weighted by atomic mass is 9.90. The lowest BCUT2D eigenvalue weighted by Gasteiger charge is -2.33. The number of benzene rings is 1. The molecule has 6 nitrogen and oxygen atoms in total. The Morgan fingerprint density at radius 2 is 2.00 bits per heavy atom.